The molecule has 1 heterocycles. The fraction of sp³-hybridized carbons (Fsp3) is 0.500. The van der Waals surface area contributed by atoms with Crippen molar-refractivity contribution in [3.05, 3.63) is 35.9 Å². The van der Waals surface area contributed by atoms with Crippen molar-refractivity contribution in [2.75, 3.05) is 26.2 Å². The Bertz CT molecular complexity index is 507. The first kappa shape index (κ1) is 16.5. The molecule has 1 aliphatic heterocycles. The van der Waals surface area contributed by atoms with Crippen LogP contribution in [0.15, 0.2) is 30.3 Å². The van der Waals surface area contributed by atoms with Crippen LogP contribution in [0.3, 0.4) is 0 Å². The molecule has 0 spiro atoms. The Morgan fingerprint density at radius 3 is 2.82 bits per heavy atom. The van der Waals surface area contributed by atoms with Gasteiger partial charge in [0, 0.05) is 26.6 Å². The summed E-state index contributed by atoms with van der Waals surface area (Å²) in [5.41, 5.74) is 7.09. The van der Waals surface area contributed by atoms with E-state index in [1.807, 2.05) is 30.3 Å². The number of ether oxygens (including phenoxy) is 1. The lowest BCUT2D eigenvalue weighted by Crippen LogP contribution is -2.54. The highest BCUT2D eigenvalue weighted by molar-refractivity contribution is 5.82. The zero-order chi connectivity index (χ0) is 15.9. The Morgan fingerprint density at radius 2 is 2.14 bits per heavy atom. The van der Waals surface area contributed by atoms with Crippen molar-refractivity contribution in [3.8, 4) is 0 Å². The number of benzene rings is 1. The Kier molecular flexibility index (Phi) is 5.91. The standard InChI is InChI=1S/C16H23N3O3/c1-12(20)18-10-14-11-19(7-8-22-14)16(21)15(17)9-13-5-3-2-4-6-13/h2-6,14-15H,7-11,17H2,1H3,(H,18,20)/t14?,15-/m0/s1. The summed E-state index contributed by atoms with van der Waals surface area (Å²) in [5.74, 6) is -0.173. The molecular weight excluding hydrogens is 282 g/mol. The molecule has 120 valence electrons. The quantitative estimate of drug-likeness (QED) is 0.797. The normalized spacial score (nSPS) is 19.5. The van der Waals surface area contributed by atoms with Crippen molar-refractivity contribution in [2.24, 2.45) is 5.73 Å². The summed E-state index contributed by atoms with van der Waals surface area (Å²) >= 11 is 0. The summed E-state index contributed by atoms with van der Waals surface area (Å²) in [6, 6.07) is 9.18. The Labute approximate surface area is 130 Å². The second kappa shape index (κ2) is 7.91. The van der Waals surface area contributed by atoms with Crippen LogP contribution in [0.1, 0.15) is 12.5 Å². The van der Waals surface area contributed by atoms with Gasteiger partial charge in [-0.1, -0.05) is 30.3 Å². The van der Waals surface area contributed by atoms with Crippen LogP contribution in [0.25, 0.3) is 0 Å². The molecule has 2 amide bonds. The van der Waals surface area contributed by atoms with Gasteiger partial charge in [0.1, 0.15) is 0 Å². The third-order valence-corrected chi connectivity index (χ3v) is 3.64. The Balaban J connectivity index is 1.86. The fourth-order valence-electron chi connectivity index (χ4n) is 2.49. The average Bonchev–Trinajstić information content (AvgIpc) is 2.53. The summed E-state index contributed by atoms with van der Waals surface area (Å²) in [4.78, 5) is 25.1. The minimum Gasteiger partial charge on any atom is -0.373 e. The van der Waals surface area contributed by atoms with Crippen molar-refractivity contribution in [3.63, 3.8) is 0 Å². The van der Waals surface area contributed by atoms with E-state index in [0.29, 0.717) is 32.7 Å². The summed E-state index contributed by atoms with van der Waals surface area (Å²) in [5, 5.41) is 2.71. The van der Waals surface area contributed by atoms with Crippen LogP contribution in [0.4, 0.5) is 0 Å². The highest BCUT2D eigenvalue weighted by Crippen LogP contribution is 2.09. The van der Waals surface area contributed by atoms with Gasteiger partial charge in [-0.2, -0.15) is 0 Å². The van der Waals surface area contributed by atoms with Crippen molar-refractivity contribution in [1.29, 1.82) is 0 Å². The lowest BCUT2D eigenvalue weighted by Gasteiger charge is -2.34. The number of morpholine rings is 1. The van der Waals surface area contributed by atoms with E-state index in [9.17, 15) is 9.59 Å². The Morgan fingerprint density at radius 1 is 1.41 bits per heavy atom. The lowest BCUT2D eigenvalue weighted by atomic mass is 10.1. The zero-order valence-corrected chi connectivity index (χ0v) is 12.8. The smallest absolute Gasteiger partial charge is 0.239 e. The van der Waals surface area contributed by atoms with Crippen LogP contribution in [-0.2, 0) is 20.7 Å². The van der Waals surface area contributed by atoms with Crippen molar-refractivity contribution >= 4 is 11.8 Å². The second-order valence-corrected chi connectivity index (χ2v) is 5.51. The number of nitrogens with two attached hydrogens (primary N) is 1. The molecule has 2 rings (SSSR count). The van der Waals surface area contributed by atoms with Gasteiger partial charge in [-0.3, -0.25) is 9.59 Å². The van der Waals surface area contributed by atoms with Crippen LogP contribution in [0, 0.1) is 0 Å². The number of hydrogen-bond donors (Lipinski definition) is 2. The highest BCUT2D eigenvalue weighted by Gasteiger charge is 2.27. The molecule has 1 unspecified atom stereocenters. The lowest BCUT2D eigenvalue weighted by molar-refractivity contribution is -0.140. The molecule has 0 aliphatic carbocycles. The molecule has 3 N–H and O–H groups in total. The summed E-state index contributed by atoms with van der Waals surface area (Å²) in [7, 11) is 0. The van der Waals surface area contributed by atoms with Crippen LogP contribution in [0.2, 0.25) is 0 Å². The SMILES string of the molecule is CC(=O)NCC1CN(C(=O)[C@@H](N)Cc2ccccc2)CCO1. The molecule has 1 saturated heterocycles. The number of carbonyl (C=O) groups excluding carboxylic acids is 2. The number of carbonyl (C=O) groups is 2. The number of nitrogens with zero attached hydrogens (tertiary/aromatic N) is 1. The monoisotopic (exact) mass is 305 g/mol. The zero-order valence-electron chi connectivity index (χ0n) is 12.8. The molecule has 1 fully saturated rings. The van der Waals surface area contributed by atoms with Gasteiger partial charge in [0.15, 0.2) is 0 Å². The molecular formula is C16H23N3O3. The maximum Gasteiger partial charge on any atom is 0.239 e. The fourth-order valence-corrected chi connectivity index (χ4v) is 2.49. The summed E-state index contributed by atoms with van der Waals surface area (Å²) in [6.07, 6.45) is 0.346. The first-order valence-electron chi connectivity index (χ1n) is 7.50. The van der Waals surface area contributed by atoms with Crippen LogP contribution in [0.5, 0.6) is 0 Å². The molecule has 0 radical (unpaired) electrons. The molecule has 0 bridgehead atoms. The highest BCUT2D eigenvalue weighted by atomic mass is 16.5. The van der Waals surface area contributed by atoms with Crippen molar-refractivity contribution < 1.29 is 14.3 Å². The molecule has 0 aromatic heterocycles. The second-order valence-electron chi connectivity index (χ2n) is 5.51. The third kappa shape index (κ3) is 4.82. The van der Waals surface area contributed by atoms with Gasteiger partial charge >= 0.3 is 0 Å². The van der Waals surface area contributed by atoms with E-state index in [1.54, 1.807) is 4.90 Å². The first-order chi connectivity index (χ1) is 10.6. The van der Waals surface area contributed by atoms with Gasteiger partial charge in [-0.15, -0.1) is 0 Å². The van der Waals surface area contributed by atoms with E-state index < -0.39 is 6.04 Å². The predicted molar refractivity (Wildman–Crippen MR) is 83.1 cm³/mol. The van der Waals surface area contributed by atoms with E-state index in [2.05, 4.69) is 5.32 Å². The van der Waals surface area contributed by atoms with E-state index in [0.717, 1.165) is 5.56 Å². The van der Waals surface area contributed by atoms with E-state index in [-0.39, 0.29) is 17.9 Å². The van der Waals surface area contributed by atoms with Crippen molar-refractivity contribution in [2.45, 2.75) is 25.5 Å². The molecule has 2 atom stereocenters. The summed E-state index contributed by atoms with van der Waals surface area (Å²) in [6.45, 7) is 3.34. The minimum atomic E-state index is -0.554. The third-order valence-electron chi connectivity index (χ3n) is 3.64. The maximum atomic E-state index is 12.4. The minimum absolute atomic E-state index is 0.0695. The average molecular weight is 305 g/mol. The largest absolute Gasteiger partial charge is 0.373 e. The summed E-state index contributed by atoms with van der Waals surface area (Å²) < 4.78 is 5.56. The molecule has 1 aromatic carbocycles. The maximum absolute atomic E-state index is 12.4. The molecule has 6 nitrogen and oxygen atoms in total. The number of nitrogens with one attached hydrogen (secondary N) is 1. The first-order valence-corrected chi connectivity index (χ1v) is 7.50. The molecule has 22 heavy (non-hydrogen) atoms. The predicted octanol–water partition coefficient (Wildman–Crippen LogP) is -0.0801. The molecule has 6 heteroatoms. The van der Waals surface area contributed by atoms with E-state index in [1.165, 1.54) is 6.92 Å². The topological polar surface area (TPSA) is 84.7 Å². The molecule has 1 aromatic rings. The van der Waals surface area contributed by atoms with Gasteiger partial charge in [0.05, 0.1) is 18.8 Å². The van der Waals surface area contributed by atoms with Gasteiger partial charge in [-0.05, 0) is 12.0 Å². The number of hydrogen-bond acceptors (Lipinski definition) is 4. The van der Waals surface area contributed by atoms with Crippen molar-refractivity contribution in [1.82, 2.24) is 10.2 Å². The molecule has 0 saturated carbocycles. The van der Waals surface area contributed by atoms with Crippen LogP contribution >= 0.6 is 0 Å². The Hall–Kier alpha value is -1.92. The van der Waals surface area contributed by atoms with Gasteiger partial charge in [0.2, 0.25) is 11.8 Å². The molecule has 1 aliphatic rings. The van der Waals surface area contributed by atoms with Gasteiger partial charge < -0.3 is 20.7 Å². The van der Waals surface area contributed by atoms with Gasteiger partial charge in [-0.25, -0.2) is 0 Å². The number of rotatable bonds is 5. The van der Waals surface area contributed by atoms with Gasteiger partial charge in [0.25, 0.3) is 0 Å². The van der Waals surface area contributed by atoms with Crippen LogP contribution < -0.4 is 11.1 Å². The van der Waals surface area contributed by atoms with Crippen LogP contribution in [-0.4, -0.2) is 55.1 Å². The van der Waals surface area contributed by atoms with E-state index in [4.69, 9.17) is 10.5 Å². The van der Waals surface area contributed by atoms with E-state index >= 15 is 0 Å². The number of amides is 2.